The number of hydrogen-bond acceptors (Lipinski definition) is 1. The molecule has 0 radical (unpaired) electrons. The summed E-state index contributed by atoms with van der Waals surface area (Å²) >= 11 is 2.09. The van der Waals surface area contributed by atoms with Gasteiger partial charge in [0.15, 0.2) is 0 Å². The molecular weight excluding hydrogens is 232 g/mol. The molecule has 0 N–H and O–H groups in total. The standard InChI is InChI=1S/C6H3FIN/c7-4-1-3(8)2-5-6(4)9-5/h1-2,5H. The van der Waals surface area contributed by atoms with Gasteiger partial charge in [0, 0.05) is 3.58 Å². The molecule has 0 saturated carbocycles. The maximum Gasteiger partial charge on any atom is 0.147 e. The fraction of sp³-hybridized carbons (Fsp3) is 0.167. The van der Waals surface area contributed by atoms with Crippen LogP contribution in [0.3, 0.4) is 0 Å². The second-order valence-electron chi connectivity index (χ2n) is 2.00. The third kappa shape index (κ3) is 0.831. The van der Waals surface area contributed by atoms with Crippen molar-refractivity contribution in [2.24, 2.45) is 4.99 Å². The summed E-state index contributed by atoms with van der Waals surface area (Å²) in [6.07, 6.45) is 3.45. The van der Waals surface area contributed by atoms with Gasteiger partial charge in [0.1, 0.15) is 17.6 Å². The van der Waals surface area contributed by atoms with Gasteiger partial charge in [-0.2, -0.15) is 0 Å². The summed E-state index contributed by atoms with van der Waals surface area (Å²) in [5.74, 6) is -0.160. The lowest BCUT2D eigenvalue weighted by Gasteiger charge is -1.95. The van der Waals surface area contributed by atoms with Crippen molar-refractivity contribution in [1.82, 2.24) is 0 Å². The summed E-state index contributed by atoms with van der Waals surface area (Å²) in [5, 5.41) is 0. The monoisotopic (exact) mass is 235 g/mol. The highest BCUT2D eigenvalue weighted by Gasteiger charge is 2.32. The van der Waals surface area contributed by atoms with Crippen molar-refractivity contribution in [1.29, 1.82) is 0 Å². The number of aliphatic imine (C=N–C) groups is 1. The van der Waals surface area contributed by atoms with Crippen molar-refractivity contribution < 1.29 is 4.39 Å². The van der Waals surface area contributed by atoms with Crippen molar-refractivity contribution >= 4 is 28.3 Å². The van der Waals surface area contributed by atoms with Gasteiger partial charge in [-0.3, -0.25) is 4.99 Å². The van der Waals surface area contributed by atoms with Crippen LogP contribution in [0, 0.1) is 0 Å². The van der Waals surface area contributed by atoms with Crippen LogP contribution in [0.2, 0.25) is 0 Å². The summed E-state index contributed by atoms with van der Waals surface area (Å²) in [4.78, 5) is 3.88. The van der Waals surface area contributed by atoms with E-state index in [9.17, 15) is 4.39 Å². The molecule has 46 valence electrons. The number of rotatable bonds is 0. The fourth-order valence-corrected chi connectivity index (χ4v) is 1.44. The van der Waals surface area contributed by atoms with Gasteiger partial charge in [-0.05, 0) is 34.7 Å². The second-order valence-corrected chi connectivity index (χ2v) is 3.25. The summed E-state index contributed by atoms with van der Waals surface area (Å²) in [7, 11) is 0. The number of nitrogens with zero attached hydrogens (tertiary/aromatic N) is 1. The molecule has 0 aromatic carbocycles. The Bertz CT molecular complexity index is 252. The van der Waals surface area contributed by atoms with Gasteiger partial charge in [0.25, 0.3) is 0 Å². The molecule has 0 aromatic heterocycles. The van der Waals surface area contributed by atoms with E-state index < -0.39 is 0 Å². The normalized spacial score (nSPS) is 30.0. The minimum absolute atomic E-state index is 0.0851. The van der Waals surface area contributed by atoms with Crippen LogP contribution in [-0.2, 0) is 0 Å². The van der Waals surface area contributed by atoms with Crippen molar-refractivity contribution in [2.75, 3.05) is 0 Å². The average Bonchev–Trinajstić information content (AvgIpc) is 2.43. The van der Waals surface area contributed by atoms with Crippen LogP contribution in [0.1, 0.15) is 0 Å². The van der Waals surface area contributed by atoms with Crippen LogP contribution < -0.4 is 0 Å². The van der Waals surface area contributed by atoms with Crippen LogP contribution in [0.25, 0.3) is 0 Å². The van der Waals surface area contributed by atoms with Gasteiger partial charge in [-0.15, -0.1) is 0 Å². The van der Waals surface area contributed by atoms with E-state index in [1.54, 1.807) is 0 Å². The summed E-state index contributed by atoms with van der Waals surface area (Å²) in [5.41, 5.74) is 0.621. The molecule has 2 aliphatic rings. The largest absolute Gasteiger partial charge is 0.270 e. The third-order valence-corrected chi connectivity index (χ3v) is 1.99. The van der Waals surface area contributed by atoms with E-state index in [0.717, 1.165) is 3.58 Å². The Morgan fingerprint density at radius 2 is 2.44 bits per heavy atom. The smallest absolute Gasteiger partial charge is 0.147 e. The molecule has 0 bridgehead atoms. The van der Waals surface area contributed by atoms with Crippen LogP contribution in [-0.4, -0.2) is 11.8 Å². The van der Waals surface area contributed by atoms with Gasteiger partial charge in [0.05, 0.1) is 0 Å². The zero-order valence-electron chi connectivity index (χ0n) is 4.44. The molecule has 0 saturated heterocycles. The first-order valence-electron chi connectivity index (χ1n) is 2.60. The topological polar surface area (TPSA) is 12.4 Å². The molecule has 1 heterocycles. The molecule has 1 unspecified atom stereocenters. The summed E-state index contributed by atoms with van der Waals surface area (Å²) in [6, 6.07) is 0.0851. The Balaban J connectivity index is 2.39. The van der Waals surface area contributed by atoms with Gasteiger partial charge in [-0.1, -0.05) is 0 Å². The molecule has 1 atom stereocenters. The Morgan fingerprint density at radius 1 is 1.67 bits per heavy atom. The Hall–Kier alpha value is -0.190. The minimum atomic E-state index is -0.160. The molecule has 2 rings (SSSR count). The van der Waals surface area contributed by atoms with Gasteiger partial charge in [0.2, 0.25) is 0 Å². The van der Waals surface area contributed by atoms with Gasteiger partial charge < -0.3 is 0 Å². The highest BCUT2D eigenvalue weighted by molar-refractivity contribution is 14.1. The van der Waals surface area contributed by atoms with E-state index in [2.05, 4.69) is 27.6 Å². The maximum atomic E-state index is 12.6. The predicted octanol–water partition coefficient (Wildman–Crippen LogP) is 2.00. The molecule has 9 heavy (non-hydrogen) atoms. The van der Waals surface area contributed by atoms with Crippen molar-refractivity contribution in [3.05, 3.63) is 21.6 Å². The Kier molecular flexibility index (Phi) is 1.02. The molecule has 1 nitrogen and oxygen atoms in total. The van der Waals surface area contributed by atoms with Crippen LogP contribution in [0.4, 0.5) is 4.39 Å². The molecule has 0 fully saturated rings. The lowest BCUT2D eigenvalue weighted by molar-refractivity contribution is 0.682. The van der Waals surface area contributed by atoms with Crippen molar-refractivity contribution in [3.63, 3.8) is 0 Å². The molecule has 0 spiro atoms. The molecule has 3 heteroatoms. The molecule has 1 aliphatic carbocycles. The quantitative estimate of drug-likeness (QED) is 0.569. The summed E-state index contributed by atoms with van der Waals surface area (Å²) in [6.45, 7) is 0. The van der Waals surface area contributed by atoms with E-state index >= 15 is 0 Å². The van der Waals surface area contributed by atoms with Gasteiger partial charge in [-0.25, -0.2) is 4.39 Å². The van der Waals surface area contributed by atoms with Crippen LogP contribution >= 0.6 is 22.6 Å². The zero-order valence-corrected chi connectivity index (χ0v) is 6.59. The first-order valence-corrected chi connectivity index (χ1v) is 3.68. The van der Waals surface area contributed by atoms with Gasteiger partial charge >= 0.3 is 0 Å². The van der Waals surface area contributed by atoms with E-state index in [0.29, 0.717) is 5.71 Å². The summed E-state index contributed by atoms with van der Waals surface area (Å²) < 4.78 is 13.5. The van der Waals surface area contributed by atoms with Crippen LogP contribution in [0.5, 0.6) is 0 Å². The highest BCUT2D eigenvalue weighted by Crippen LogP contribution is 2.30. The lowest BCUT2D eigenvalue weighted by atomic mass is 10.2. The Morgan fingerprint density at radius 3 is 3.11 bits per heavy atom. The van der Waals surface area contributed by atoms with Crippen molar-refractivity contribution in [2.45, 2.75) is 6.04 Å². The molecule has 0 amide bonds. The predicted molar refractivity (Wildman–Crippen MR) is 42.5 cm³/mol. The Labute approximate surface area is 65.5 Å². The fourth-order valence-electron chi connectivity index (χ4n) is 0.826. The SMILES string of the molecule is FC1=CC(I)=CC2N=C12. The third-order valence-electron chi connectivity index (χ3n) is 1.32. The molecule has 0 aromatic rings. The number of fused-ring (bicyclic) bond motifs is 1. The average molecular weight is 235 g/mol. The molecular formula is C6H3FIN. The highest BCUT2D eigenvalue weighted by atomic mass is 127. The van der Waals surface area contributed by atoms with Crippen LogP contribution in [0.15, 0.2) is 26.6 Å². The van der Waals surface area contributed by atoms with Crippen molar-refractivity contribution in [3.8, 4) is 0 Å². The van der Waals surface area contributed by atoms with E-state index in [4.69, 9.17) is 0 Å². The van der Waals surface area contributed by atoms with E-state index in [1.165, 1.54) is 6.08 Å². The minimum Gasteiger partial charge on any atom is -0.270 e. The van der Waals surface area contributed by atoms with E-state index in [-0.39, 0.29) is 11.9 Å². The maximum absolute atomic E-state index is 12.6. The molecule has 1 aliphatic heterocycles. The zero-order chi connectivity index (χ0) is 6.43. The first kappa shape index (κ1) is 5.58. The number of halogens is 2. The number of allylic oxidation sites excluding steroid dienone is 2. The van der Waals surface area contributed by atoms with E-state index in [1.807, 2.05) is 6.08 Å². The second kappa shape index (κ2) is 1.65. The first-order chi connectivity index (χ1) is 4.27. The lowest BCUT2D eigenvalue weighted by Crippen LogP contribution is -1.98. The number of hydrogen-bond donors (Lipinski definition) is 0.